The molecule has 0 bridgehead atoms. The van der Waals surface area contributed by atoms with Crippen molar-refractivity contribution in [3.8, 4) is 0 Å². The third kappa shape index (κ3) is 4.26. The fraction of sp³-hybridized carbons (Fsp3) is 0.500. The van der Waals surface area contributed by atoms with E-state index in [9.17, 15) is 8.42 Å². The summed E-state index contributed by atoms with van der Waals surface area (Å²) in [5.41, 5.74) is 5.86. The highest BCUT2D eigenvalue weighted by molar-refractivity contribution is 7.91. The van der Waals surface area contributed by atoms with Crippen molar-refractivity contribution >= 4 is 15.7 Å². The highest BCUT2D eigenvalue weighted by Gasteiger charge is 2.29. The van der Waals surface area contributed by atoms with Crippen LogP contribution in [0.5, 0.6) is 0 Å². The van der Waals surface area contributed by atoms with E-state index in [1.54, 1.807) is 12.1 Å². The van der Waals surface area contributed by atoms with E-state index in [4.69, 9.17) is 16.2 Å². The Morgan fingerprint density at radius 3 is 2.38 bits per heavy atom. The van der Waals surface area contributed by atoms with Crippen LogP contribution in [0.4, 0.5) is 0 Å². The highest BCUT2D eigenvalue weighted by Crippen LogP contribution is 2.26. The average molecular weight is 311 g/mol. The lowest BCUT2D eigenvalue weighted by Gasteiger charge is -2.20. The van der Waals surface area contributed by atoms with Gasteiger partial charge in [0.05, 0.1) is 17.3 Å². The van der Waals surface area contributed by atoms with Crippen LogP contribution in [0, 0.1) is 5.41 Å². The van der Waals surface area contributed by atoms with Crippen LogP contribution in [-0.4, -0.2) is 55.8 Å². The molecular weight excluding hydrogens is 290 g/mol. The second-order valence-corrected chi connectivity index (χ2v) is 7.36. The molecule has 1 aromatic rings. The first-order valence-corrected chi connectivity index (χ1v) is 8.61. The Morgan fingerprint density at radius 1 is 1.29 bits per heavy atom. The lowest BCUT2D eigenvalue weighted by molar-refractivity contribution is 0.196. The minimum atomic E-state index is -3.36. The summed E-state index contributed by atoms with van der Waals surface area (Å²) < 4.78 is 24.6. The molecule has 116 valence electrons. The molecule has 0 unspecified atom stereocenters. The number of aliphatic hydroxyl groups excluding tert-OH is 1. The van der Waals surface area contributed by atoms with Crippen LogP contribution in [0.2, 0.25) is 0 Å². The molecule has 0 spiro atoms. The van der Waals surface area contributed by atoms with E-state index in [0.29, 0.717) is 24.7 Å². The Labute approximate surface area is 125 Å². The van der Waals surface area contributed by atoms with E-state index in [1.165, 1.54) is 12.1 Å². The highest BCUT2D eigenvalue weighted by atomic mass is 32.2. The van der Waals surface area contributed by atoms with Gasteiger partial charge in [-0.2, -0.15) is 0 Å². The topological polar surface area (TPSA) is 107 Å². The van der Waals surface area contributed by atoms with Crippen LogP contribution in [0.25, 0.3) is 0 Å². The molecule has 0 saturated heterocycles. The first-order valence-electron chi connectivity index (χ1n) is 6.96. The number of amidine groups is 1. The average Bonchev–Trinajstić information content (AvgIpc) is 3.28. The van der Waals surface area contributed by atoms with Gasteiger partial charge in [-0.3, -0.25) is 10.3 Å². The van der Waals surface area contributed by atoms with Crippen LogP contribution < -0.4 is 5.73 Å². The van der Waals surface area contributed by atoms with Gasteiger partial charge < -0.3 is 10.8 Å². The lowest BCUT2D eigenvalue weighted by atomic mass is 10.2. The molecule has 6 nitrogen and oxygen atoms in total. The van der Waals surface area contributed by atoms with Crippen molar-refractivity contribution in [2.45, 2.75) is 23.8 Å². The van der Waals surface area contributed by atoms with Gasteiger partial charge in [-0.05, 0) is 25.0 Å². The normalized spacial score (nSPS) is 15.3. The maximum absolute atomic E-state index is 12.3. The van der Waals surface area contributed by atoms with E-state index < -0.39 is 9.84 Å². The predicted molar refractivity (Wildman–Crippen MR) is 81.2 cm³/mol. The van der Waals surface area contributed by atoms with Gasteiger partial charge in [0.1, 0.15) is 5.84 Å². The fourth-order valence-electron chi connectivity index (χ4n) is 2.24. The molecule has 2 rings (SSSR count). The maximum Gasteiger partial charge on any atom is 0.179 e. The van der Waals surface area contributed by atoms with Crippen molar-refractivity contribution in [1.82, 2.24) is 4.90 Å². The third-order valence-corrected chi connectivity index (χ3v) is 5.33. The Balaban J connectivity index is 2.01. The van der Waals surface area contributed by atoms with Crippen molar-refractivity contribution in [1.29, 1.82) is 5.41 Å². The summed E-state index contributed by atoms with van der Waals surface area (Å²) in [5.74, 6) is -0.0510. The van der Waals surface area contributed by atoms with E-state index >= 15 is 0 Å². The second kappa shape index (κ2) is 6.55. The SMILES string of the molecule is N=C(N)c1ccc(S(=O)(=O)CCN(CCO)C2CC2)cc1. The molecular formula is C14H21N3O3S. The quantitative estimate of drug-likeness (QED) is 0.469. The minimum absolute atomic E-state index is 0.0307. The first kappa shape index (κ1) is 15.9. The number of nitrogens with two attached hydrogens (primary N) is 1. The Hall–Kier alpha value is -1.44. The molecule has 21 heavy (non-hydrogen) atoms. The van der Waals surface area contributed by atoms with Gasteiger partial charge in [0.25, 0.3) is 0 Å². The number of nitrogens with zero attached hydrogens (tertiary/aromatic N) is 1. The summed E-state index contributed by atoms with van der Waals surface area (Å²) in [7, 11) is -3.36. The van der Waals surface area contributed by atoms with Crippen LogP contribution in [-0.2, 0) is 9.84 Å². The zero-order valence-corrected chi connectivity index (χ0v) is 12.6. The summed E-state index contributed by atoms with van der Waals surface area (Å²) in [6.07, 6.45) is 2.15. The molecule has 0 atom stereocenters. The number of benzene rings is 1. The summed E-state index contributed by atoms with van der Waals surface area (Å²) >= 11 is 0. The van der Waals surface area contributed by atoms with E-state index in [-0.39, 0.29) is 23.1 Å². The smallest absolute Gasteiger partial charge is 0.179 e. The number of nitrogens with one attached hydrogen (secondary N) is 1. The van der Waals surface area contributed by atoms with Crippen LogP contribution >= 0.6 is 0 Å². The minimum Gasteiger partial charge on any atom is -0.395 e. The van der Waals surface area contributed by atoms with Gasteiger partial charge in [-0.25, -0.2) is 8.42 Å². The van der Waals surface area contributed by atoms with Crippen LogP contribution in [0.15, 0.2) is 29.2 Å². The first-order chi connectivity index (χ1) is 9.94. The molecule has 0 aliphatic heterocycles. The van der Waals surface area contributed by atoms with E-state index in [2.05, 4.69) is 0 Å². The van der Waals surface area contributed by atoms with E-state index in [0.717, 1.165) is 12.8 Å². The monoisotopic (exact) mass is 311 g/mol. The number of hydrogen-bond donors (Lipinski definition) is 3. The van der Waals surface area contributed by atoms with Crippen molar-refractivity contribution in [3.05, 3.63) is 29.8 Å². The molecule has 0 amide bonds. The van der Waals surface area contributed by atoms with Gasteiger partial charge in [0.2, 0.25) is 0 Å². The van der Waals surface area contributed by atoms with Crippen molar-refractivity contribution < 1.29 is 13.5 Å². The molecule has 1 aliphatic rings. The molecule has 0 heterocycles. The van der Waals surface area contributed by atoms with Gasteiger partial charge in [-0.1, -0.05) is 12.1 Å². The number of aliphatic hydroxyl groups is 1. The summed E-state index contributed by atoms with van der Waals surface area (Å²) in [4.78, 5) is 2.27. The Morgan fingerprint density at radius 2 is 1.90 bits per heavy atom. The Bertz CT molecular complexity index is 594. The third-order valence-electron chi connectivity index (χ3n) is 3.62. The summed E-state index contributed by atoms with van der Waals surface area (Å²) in [5, 5.41) is 16.3. The largest absolute Gasteiger partial charge is 0.395 e. The molecule has 1 fully saturated rings. The number of nitrogen functional groups attached to an aromatic ring is 1. The lowest BCUT2D eigenvalue weighted by Crippen LogP contribution is -2.33. The molecule has 1 aromatic carbocycles. The van der Waals surface area contributed by atoms with Gasteiger partial charge >= 0.3 is 0 Å². The van der Waals surface area contributed by atoms with Gasteiger partial charge in [0.15, 0.2) is 9.84 Å². The van der Waals surface area contributed by atoms with E-state index in [1.807, 2.05) is 4.90 Å². The molecule has 1 aliphatic carbocycles. The van der Waals surface area contributed by atoms with Crippen LogP contribution in [0.1, 0.15) is 18.4 Å². The zero-order chi connectivity index (χ0) is 15.5. The van der Waals surface area contributed by atoms with Crippen molar-refractivity contribution in [2.75, 3.05) is 25.4 Å². The van der Waals surface area contributed by atoms with Crippen molar-refractivity contribution in [2.24, 2.45) is 5.73 Å². The molecule has 4 N–H and O–H groups in total. The summed E-state index contributed by atoms with van der Waals surface area (Å²) in [6.45, 7) is 0.995. The van der Waals surface area contributed by atoms with Crippen molar-refractivity contribution in [3.63, 3.8) is 0 Å². The maximum atomic E-state index is 12.3. The molecule has 1 saturated carbocycles. The second-order valence-electron chi connectivity index (χ2n) is 5.25. The standard InChI is InChI=1S/C14H21N3O3S/c15-14(16)11-1-5-13(6-2-11)21(19,20)10-8-17(7-9-18)12-3-4-12/h1-2,5-6,12,18H,3-4,7-10H2,(H3,15,16). The fourth-order valence-corrected chi connectivity index (χ4v) is 3.50. The predicted octanol–water partition coefficient (Wildman–Crippen LogP) is 0.201. The Kier molecular flexibility index (Phi) is 4.97. The molecule has 7 heteroatoms. The number of hydrogen-bond acceptors (Lipinski definition) is 5. The zero-order valence-electron chi connectivity index (χ0n) is 11.8. The number of rotatable bonds is 8. The summed E-state index contributed by atoms with van der Waals surface area (Å²) in [6, 6.07) is 6.48. The molecule has 0 aromatic heterocycles. The number of sulfone groups is 1. The van der Waals surface area contributed by atoms with Crippen LogP contribution in [0.3, 0.4) is 0 Å². The van der Waals surface area contributed by atoms with Gasteiger partial charge in [-0.15, -0.1) is 0 Å². The van der Waals surface area contributed by atoms with Gasteiger partial charge in [0, 0.05) is 24.7 Å². The molecule has 0 radical (unpaired) electrons.